The first-order valence-electron chi connectivity index (χ1n) is 6.41. The summed E-state index contributed by atoms with van der Waals surface area (Å²) in [5.41, 5.74) is 5.97. The first-order valence-corrected chi connectivity index (χ1v) is 6.41. The number of aliphatic hydroxyl groups is 1. The van der Waals surface area contributed by atoms with E-state index >= 15 is 0 Å². The van der Waals surface area contributed by atoms with Crippen molar-refractivity contribution in [3.8, 4) is 0 Å². The molecular weight excluding hydrogens is 260 g/mol. The second kappa shape index (κ2) is 6.02. The van der Waals surface area contributed by atoms with Gasteiger partial charge in [-0.3, -0.25) is 0 Å². The first-order chi connectivity index (χ1) is 9.52. The number of rotatable bonds is 4. The summed E-state index contributed by atoms with van der Waals surface area (Å²) in [6.45, 7) is 1.24. The van der Waals surface area contributed by atoms with E-state index in [1.807, 2.05) is 19.0 Å². The molecular formula is C12H20N6O2. The highest BCUT2D eigenvalue weighted by molar-refractivity contribution is 5.99. The van der Waals surface area contributed by atoms with E-state index in [-0.39, 0.29) is 11.9 Å². The predicted molar refractivity (Wildman–Crippen MR) is 74.9 cm³/mol. The Labute approximate surface area is 117 Å². The summed E-state index contributed by atoms with van der Waals surface area (Å²) in [4.78, 5) is 12.4. The largest absolute Gasteiger partial charge is 0.409 e. The van der Waals surface area contributed by atoms with E-state index in [1.165, 1.54) is 6.20 Å². The number of nitrogens with zero attached hydrogens (tertiary/aromatic N) is 5. The molecule has 8 heteroatoms. The van der Waals surface area contributed by atoms with Gasteiger partial charge in [0.15, 0.2) is 17.3 Å². The minimum atomic E-state index is -0.415. The summed E-state index contributed by atoms with van der Waals surface area (Å²) in [5, 5.41) is 21.7. The zero-order chi connectivity index (χ0) is 14.7. The lowest BCUT2D eigenvalue weighted by molar-refractivity contribution is 0.191. The van der Waals surface area contributed by atoms with Crippen LogP contribution in [0.2, 0.25) is 0 Å². The molecule has 2 unspecified atom stereocenters. The van der Waals surface area contributed by atoms with Gasteiger partial charge < -0.3 is 25.8 Å². The number of anilines is 1. The van der Waals surface area contributed by atoms with Crippen LogP contribution in [0.4, 0.5) is 5.82 Å². The maximum Gasteiger partial charge on any atom is 0.192 e. The summed E-state index contributed by atoms with van der Waals surface area (Å²) < 4.78 is 0. The molecule has 1 aromatic heterocycles. The lowest BCUT2D eigenvalue weighted by Gasteiger charge is -2.28. The minimum Gasteiger partial charge on any atom is -0.409 e. The van der Waals surface area contributed by atoms with Crippen LogP contribution in [-0.2, 0) is 0 Å². The number of hydrogen-bond acceptors (Lipinski definition) is 7. The van der Waals surface area contributed by atoms with Crippen molar-refractivity contribution in [2.75, 3.05) is 32.1 Å². The molecule has 1 saturated heterocycles. The van der Waals surface area contributed by atoms with Gasteiger partial charge in [-0.15, -0.1) is 0 Å². The summed E-state index contributed by atoms with van der Waals surface area (Å²) in [5.74, 6) is 0.448. The SMILES string of the molecule is CN(C)CC1CC(O)CN1c1nccnc1C(N)=NO. The molecule has 2 heterocycles. The van der Waals surface area contributed by atoms with Crippen molar-refractivity contribution < 1.29 is 10.3 Å². The average molecular weight is 280 g/mol. The fraction of sp³-hybridized carbons (Fsp3) is 0.583. The Morgan fingerprint density at radius 2 is 2.20 bits per heavy atom. The van der Waals surface area contributed by atoms with E-state index in [4.69, 9.17) is 10.9 Å². The molecule has 4 N–H and O–H groups in total. The average Bonchev–Trinajstić information content (AvgIpc) is 2.77. The van der Waals surface area contributed by atoms with Crippen LogP contribution >= 0.6 is 0 Å². The Bertz CT molecular complexity index is 493. The quantitative estimate of drug-likeness (QED) is 0.283. The summed E-state index contributed by atoms with van der Waals surface area (Å²) in [6.07, 6.45) is 3.29. The van der Waals surface area contributed by atoms with E-state index < -0.39 is 6.10 Å². The van der Waals surface area contributed by atoms with Gasteiger partial charge in [0, 0.05) is 31.5 Å². The van der Waals surface area contributed by atoms with Gasteiger partial charge in [-0.1, -0.05) is 5.16 Å². The van der Waals surface area contributed by atoms with Crippen LogP contribution in [0.3, 0.4) is 0 Å². The Balaban J connectivity index is 2.34. The fourth-order valence-electron chi connectivity index (χ4n) is 2.51. The van der Waals surface area contributed by atoms with Crippen LogP contribution < -0.4 is 10.6 Å². The third-order valence-electron chi connectivity index (χ3n) is 3.27. The van der Waals surface area contributed by atoms with Crippen molar-refractivity contribution in [3.05, 3.63) is 18.1 Å². The summed E-state index contributed by atoms with van der Waals surface area (Å²) >= 11 is 0. The number of amidine groups is 1. The van der Waals surface area contributed by atoms with Crippen molar-refractivity contribution in [2.45, 2.75) is 18.6 Å². The van der Waals surface area contributed by atoms with Gasteiger partial charge in [0.25, 0.3) is 0 Å². The smallest absolute Gasteiger partial charge is 0.192 e. The van der Waals surface area contributed by atoms with Gasteiger partial charge in [0.1, 0.15) is 0 Å². The van der Waals surface area contributed by atoms with Crippen molar-refractivity contribution >= 4 is 11.7 Å². The van der Waals surface area contributed by atoms with Crippen molar-refractivity contribution in [1.82, 2.24) is 14.9 Å². The maximum atomic E-state index is 9.91. The van der Waals surface area contributed by atoms with Gasteiger partial charge in [-0.2, -0.15) is 0 Å². The number of β-amino-alcohol motifs (C(OH)–C–C–N with tert-alkyl or cyclic N) is 1. The Morgan fingerprint density at radius 3 is 2.85 bits per heavy atom. The monoisotopic (exact) mass is 280 g/mol. The molecule has 0 radical (unpaired) electrons. The van der Waals surface area contributed by atoms with Crippen LogP contribution in [0, 0.1) is 0 Å². The van der Waals surface area contributed by atoms with Crippen molar-refractivity contribution in [3.63, 3.8) is 0 Å². The van der Waals surface area contributed by atoms with E-state index in [2.05, 4.69) is 20.0 Å². The topological polar surface area (TPSA) is 111 Å². The highest BCUT2D eigenvalue weighted by Crippen LogP contribution is 2.26. The van der Waals surface area contributed by atoms with Gasteiger partial charge >= 0.3 is 0 Å². The zero-order valence-electron chi connectivity index (χ0n) is 11.6. The highest BCUT2D eigenvalue weighted by atomic mass is 16.4. The van der Waals surface area contributed by atoms with Crippen LogP contribution in [0.1, 0.15) is 12.1 Å². The maximum absolute atomic E-state index is 9.91. The molecule has 8 nitrogen and oxygen atoms in total. The predicted octanol–water partition coefficient (Wildman–Crippen LogP) is -0.928. The molecule has 2 atom stereocenters. The Kier molecular flexibility index (Phi) is 4.35. The molecule has 0 spiro atoms. The van der Waals surface area contributed by atoms with E-state index in [0.717, 1.165) is 6.54 Å². The zero-order valence-corrected chi connectivity index (χ0v) is 11.6. The minimum absolute atomic E-state index is 0.0851. The number of oxime groups is 1. The Morgan fingerprint density at radius 1 is 1.50 bits per heavy atom. The van der Waals surface area contributed by atoms with Crippen LogP contribution in [0.15, 0.2) is 17.5 Å². The van der Waals surface area contributed by atoms with E-state index in [0.29, 0.717) is 24.5 Å². The second-order valence-electron chi connectivity index (χ2n) is 5.17. The number of aromatic nitrogens is 2. The number of hydrogen-bond donors (Lipinski definition) is 3. The molecule has 0 saturated carbocycles. The Hall–Kier alpha value is -1.93. The van der Waals surface area contributed by atoms with Gasteiger partial charge in [-0.25, -0.2) is 9.97 Å². The number of aliphatic hydroxyl groups excluding tert-OH is 1. The third-order valence-corrected chi connectivity index (χ3v) is 3.27. The lowest BCUT2D eigenvalue weighted by atomic mass is 10.2. The normalized spacial score (nSPS) is 23.6. The molecule has 0 amide bonds. The molecule has 110 valence electrons. The molecule has 1 aromatic rings. The standard InChI is InChI=1S/C12H20N6O2/c1-17(2)6-8-5-9(19)7-18(8)12-10(11(13)16-20)14-3-4-15-12/h3-4,8-9,19-20H,5-7H2,1-2H3,(H2,13,16). The van der Waals surface area contributed by atoms with Gasteiger partial charge in [0.2, 0.25) is 0 Å². The fourth-order valence-corrected chi connectivity index (χ4v) is 2.51. The second-order valence-corrected chi connectivity index (χ2v) is 5.17. The molecule has 1 aliphatic rings. The van der Waals surface area contributed by atoms with Gasteiger partial charge in [-0.05, 0) is 20.5 Å². The van der Waals surface area contributed by atoms with E-state index in [1.54, 1.807) is 6.20 Å². The molecule has 1 fully saturated rings. The summed E-state index contributed by atoms with van der Waals surface area (Å²) in [7, 11) is 3.95. The number of nitrogens with two attached hydrogens (primary N) is 1. The third kappa shape index (κ3) is 2.97. The molecule has 1 aliphatic heterocycles. The highest BCUT2D eigenvalue weighted by Gasteiger charge is 2.34. The van der Waals surface area contributed by atoms with Crippen molar-refractivity contribution in [2.24, 2.45) is 10.9 Å². The van der Waals surface area contributed by atoms with Crippen LogP contribution in [-0.4, -0.2) is 70.3 Å². The molecule has 2 rings (SSSR count). The molecule has 0 bridgehead atoms. The lowest BCUT2D eigenvalue weighted by Crippen LogP contribution is -2.39. The summed E-state index contributed by atoms with van der Waals surface area (Å²) in [6, 6.07) is 0.113. The van der Waals surface area contributed by atoms with Gasteiger partial charge in [0.05, 0.1) is 6.10 Å². The van der Waals surface area contributed by atoms with Crippen LogP contribution in [0.25, 0.3) is 0 Å². The molecule has 0 aliphatic carbocycles. The van der Waals surface area contributed by atoms with E-state index in [9.17, 15) is 5.11 Å². The molecule has 0 aromatic carbocycles. The number of likely N-dealkylation sites (N-methyl/N-ethyl adjacent to an activating group) is 1. The first kappa shape index (κ1) is 14.5. The molecule has 20 heavy (non-hydrogen) atoms. The van der Waals surface area contributed by atoms with Crippen molar-refractivity contribution in [1.29, 1.82) is 0 Å². The van der Waals surface area contributed by atoms with Crippen LogP contribution in [0.5, 0.6) is 0 Å².